The first-order chi connectivity index (χ1) is 13.3. The van der Waals surface area contributed by atoms with Crippen molar-refractivity contribution in [2.24, 2.45) is 0 Å². The topological polar surface area (TPSA) is 62.0 Å². The van der Waals surface area contributed by atoms with Crippen LogP contribution in [0.25, 0.3) is 10.9 Å². The molecule has 3 aromatic rings. The number of pyridine rings is 1. The molecule has 0 spiro atoms. The molecule has 0 unspecified atom stereocenters. The maximum absolute atomic E-state index is 13.6. The molecule has 146 valence electrons. The molecule has 2 N–H and O–H groups in total. The number of rotatable bonds is 5. The fraction of sp³-hybridized carbons (Fsp3) is 0.158. The zero-order valence-corrected chi connectivity index (χ0v) is 14.2. The Labute approximate surface area is 155 Å². The number of hydrogen-bond donors (Lipinski definition) is 2. The lowest BCUT2D eigenvalue weighted by Gasteiger charge is -2.12. The smallest absolute Gasteiger partial charge is 0.264 e. The monoisotopic (exact) mass is 396 g/mol. The molecule has 0 bridgehead atoms. The number of carbonyl (C=O) groups excluding carboxylic acids is 1. The molecule has 0 aliphatic carbocycles. The molecule has 0 atom stereocenters. The average molecular weight is 396 g/mol. The highest BCUT2D eigenvalue weighted by molar-refractivity contribution is 5.86. The fourth-order valence-corrected chi connectivity index (χ4v) is 2.84. The van der Waals surface area contributed by atoms with Crippen LogP contribution in [0.15, 0.2) is 41.2 Å². The van der Waals surface area contributed by atoms with Gasteiger partial charge in [-0.3, -0.25) is 9.59 Å². The second kappa shape index (κ2) is 7.79. The summed E-state index contributed by atoms with van der Waals surface area (Å²) in [5.74, 6) is -3.27. The SMILES string of the molecule is O=C(Cc1c(C(F)F)c2cc(F)ccc2[nH]c1=O)NCc1ccc(F)cc1F. The maximum atomic E-state index is 13.6. The Bertz CT molecular complexity index is 1110. The van der Waals surface area contributed by atoms with Crippen LogP contribution in [0.3, 0.4) is 0 Å². The first-order valence-electron chi connectivity index (χ1n) is 8.09. The molecule has 1 heterocycles. The number of alkyl halides is 2. The molecule has 0 radical (unpaired) electrons. The lowest BCUT2D eigenvalue weighted by Crippen LogP contribution is -2.29. The number of carbonyl (C=O) groups is 1. The largest absolute Gasteiger partial charge is 0.352 e. The van der Waals surface area contributed by atoms with Crippen LogP contribution in [-0.4, -0.2) is 10.9 Å². The van der Waals surface area contributed by atoms with Gasteiger partial charge in [-0.05, 0) is 24.3 Å². The standard InChI is InChI=1S/C19H13F5N2O2/c20-10-3-4-15-12(5-10)17(18(23)24)13(19(28)26-15)7-16(27)25-8-9-1-2-11(21)6-14(9)22/h1-6,18H,7-8H2,(H,25,27)(H,26,28). The van der Waals surface area contributed by atoms with Gasteiger partial charge in [0, 0.05) is 40.2 Å². The number of hydrogen-bond acceptors (Lipinski definition) is 2. The van der Waals surface area contributed by atoms with E-state index in [4.69, 9.17) is 0 Å². The minimum absolute atomic E-state index is 0.0132. The van der Waals surface area contributed by atoms with Crippen molar-refractivity contribution in [3.05, 3.63) is 80.9 Å². The molecule has 0 aliphatic heterocycles. The number of aromatic amines is 1. The first-order valence-corrected chi connectivity index (χ1v) is 8.09. The van der Waals surface area contributed by atoms with Crippen molar-refractivity contribution < 1.29 is 26.7 Å². The van der Waals surface area contributed by atoms with Gasteiger partial charge in [0.1, 0.15) is 17.5 Å². The minimum Gasteiger partial charge on any atom is -0.352 e. The summed E-state index contributed by atoms with van der Waals surface area (Å²) in [5, 5.41) is 2.08. The summed E-state index contributed by atoms with van der Waals surface area (Å²) < 4.78 is 67.1. The van der Waals surface area contributed by atoms with E-state index in [0.29, 0.717) is 6.07 Å². The predicted octanol–water partition coefficient (Wildman–Crippen LogP) is 3.74. The second-order valence-corrected chi connectivity index (χ2v) is 6.03. The third-order valence-electron chi connectivity index (χ3n) is 4.17. The van der Waals surface area contributed by atoms with Crippen molar-refractivity contribution in [2.45, 2.75) is 19.4 Å². The molecule has 1 amide bonds. The minimum atomic E-state index is -3.12. The number of H-pyrrole nitrogens is 1. The summed E-state index contributed by atoms with van der Waals surface area (Å²) in [6.07, 6.45) is -3.84. The Hall–Kier alpha value is -3.23. The fourth-order valence-electron chi connectivity index (χ4n) is 2.84. The van der Waals surface area contributed by atoms with E-state index in [2.05, 4.69) is 10.3 Å². The lowest BCUT2D eigenvalue weighted by atomic mass is 10.0. The van der Waals surface area contributed by atoms with Crippen LogP contribution < -0.4 is 10.9 Å². The highest BCUT2D eigenvalue weighted by Crippen LogP contribution is 2.29. The Kier molecular flexibility index (Phi) is 5.43. The lowest BCUT2D eigenvalue weighted by molar-refractivity contribution is -0.120. The Balaban J connectivity index is 1.88. The van der Waals surface area contributed by atoms with Crippen LogP contribution >= 0.6 is 0 Å². The van der Waals surface area contributed by atoms with Gasteiger partial charge in [0.15, 0.2) is 0 Å². The summed E-state index contributed by atoms with van der Waals surface area (Å²) in [5.41, 5.74) is -2.15. The summed E-state index contributed by atoms with van der Waals surface area (Å²) >= 11 is 0. The van der Waals surface area contributed by atoms with Crippen molar-refractivity contribution in [1.29, 1.82) is 0 Å². The van der Waals surface area contributed by atoms with E-state index >= 15 is 0 Å². The van der Waals surface area contributed by atoms with Crippen molar-refractivity contribution in [2.75, 3.05) is 0 Å². The third-order valence-corrected chi connectivity index (χ3v) is 4.17. The van der Waals surface area contributed by atoms with Gasteiger partial charge >= 0.3 is 0 Å². The Morgan fingerprint density at radius 2 is 1.71 bits per heavy atom. The molecule has 28 heavy (non-hydrogen) atoms. The van der Waals surface area contributed by atoms with Gasteiger partial charge in [0.25, 0.3) is 12.0 Å². The van der Waals surface area contributed by atoms with E-state index in [0.717, 1.165) is 30.3 Å². The molecule has 3 rings (SSSR count). The molecule has 9 heteroatoms. The van der Waals surface area contributed by atoms with Gasteiger partial charge in [-0.1, -0.05) is 6.07 Å². The normalized spacial score (nSPS) is 11.2. The van der Waals surface area contributed by atoms with Gasteiger partial charge < -0.3 is 10.3 Å². The first kappa shape index (κ1) is 19.5. The molecule has 2 aromatic carbocycles. The van der Waals surface area contributed by atoms with Gasteiger partial charge in [0.05, 0.1) is 6.42 Å². The van der Waals surface area contributed by atoms with E-state index in [1.165, 1.54) is 0 Å². The third kappa shape index (κ3) is 4.03. The zero-order valence-electron chi connectivity index (χ0n) is 14.2. The van der Waals surface area contributed by atoms with Crippen LogP contribution in [0, 0.1) is 17.5 Å². The van der Waals surface area contributed by atoms with Crippen molar-refractivity contribution in [3.8, 4) is 0 Å². The van der Waals surface area contributed by atoms with Gasteiger partial charge in [0.2, 0.25) is 5.91 Å². The predicted molar refractivity (Wildman–Crippen MR) is 91.4 cm³/mol. The van der Waals surface area contributed by atoms with Crippen molar-refractivity contribution in [1.82, 2.24) is 10.3 Å². The molecular formula is C19H13F5N2O2. The molecule has 0 aliphatic rings. The Morgan fingerprint density at radius 3 is 2.39 bits per heavy atom. The molecule has 0 fully saturated rings. The molecule has 0 saturated carbocycles. The molecule has 0 saturated heterocycles. The van der Waals surface area contributed by atoms with Crippen LogP contribution in [0.5, 0.6) is 0 Å². The zero-order chi connectivity index (χ0) is 20.4. The quantitative estimate of drug-likeness (QED) is 0.646. The maximum Gasteiger partial charge on any atom is 0.264 e. The van der Waals surface area contributed by atoms with E-state index in [1.807, 2.05) is 0 Å². The number of benzene rings is 2. The van der Waals surface area contributed by atoms with Gasteiger partial charge in [-0.2, -0.15) is 0 Å². The van der Waals surface area contributed by atoms with Crippen LogP contribution in [0.1, 0.15) is 23.1 Å². The average Bonchev–Trinajstić information content (AvgIpc) is 2.61. The molecule has 4 nitrogen and oxygen atoms in total. The van der Waals surface area contributed by atoms with Crippen LogP contribution in [-0.2, 0) is 17.8 Å². The summed E-state index contributed by atoms with van der Waals surface area (Å²) in [6.45, 7) is -0.324. The van der Waals surface area contributed by atoms with E-state index in [-0.39, 0.29) is 23.0 Å². The molecular weight excluding hydrogens is 383 g/mol. The van der Waals surface area contributed by atoms with Gasteiger partial charge in [-0.15, -0.1) is 0 Å². The number of aromatic nitrogens is 1. The van der Waals surface area contributed by atoms with Gasteiger partial charge in [-0.25, -0.2) is 22.0 Å². The van der Waals surface area contributed by atoms with E-state index < -0.39 is 52.9 Å². The highest BCUT2D eigenvalue weighted by Gasteiger charge is 2.22. The summed E-state index contributed by atoms with van der Waals surface area (Å²) in [7, 11) is 0. The van der Waals surface area contributed by atoms with E-state index in [9.17, 15) is 31.5 Å². The Morgan fingerprint density at radius 1 is 1.04 bits per heavy atom. The van der Waals surface area contributed by atoms with Crippen LogP contribution in [0.4, 0.5) is 22.0 Å². The van der Waals surface area contributed by atoms with E-state index in [1.54, 1.807) is 0 Å². The summed E-state index contributed by atoms with van der Waals surface area (Å²) in [4.78, 5) is 26.6. The number of fused-ring (bicyclic) bond motifs is 1. The summed E-state index contributed by atoms with van der Waals surface area (Å²) in [6, 6.07) is 5.78. The highest BCUT2D eigenvalue weighted by atomic mass is 19.3. The van der Waals surface area contributed by atoms with Crippen molar-refractivity contribution in [3.63, 3.8) is 0 Å². The number of halogens is 5. The molecule has 1 aromatic heterocycles. The number of amides is 1. The number of nitrogens with one attached hydrogen (secondary N) is 2. The second-order valence-electron chi connectivity index (χ2n) is 6.03. The van der Waals surface area contributed by atoms with Crippen LogP contribution in [0.2, 0.25) is 0 Å². The van der Waals surface area contributed by atoms with Crippen molar-refractivity contribution >= 4 is 16.8 Å².